The molecule has 0 amide bonds. The van der Waals surface area contributed by atoms with Gasteiger partial charge in [0.25, 0.3) is 0 Å². The highest BCUT2D eigenvalue weighted by atomic mass is 19.4. The van der Waals surface area contributed by atoms with E-state index in [0.717, 1.165) is 6.07 Å². The molecule has 0 radical (unpaired) electrons. The van der Waals surface area contributed by atoms with E-state index >= 15 is 0 Å². The molecule has 1 aromatic rings. The zero-order chi connectivity index (χ0) is 10.9. The Morgan fingerprint density at radius 1 is 1.29 bits per heavy atom. The number of benzene rings is 1. The van der Waals surface area contributed by atoms with Crippen molar-refractivity contribution >= 4 is 5.57 Å². The van der Waals surface area contributed by atoms with Gasteiger partial charge >= 0.3 is 6.18 Å². The number of hydrogen-bond donors (Lipinski definition) is 0. The third kappa shape index (κ3) is 1.95. The van der Waals surface area contributed by atoms with Crippen molar-refractivity contribution in [3.8, 4) is 0 Å². The van der Waals surface area contributed by atoms with Gasteiger partial charge in [-0.15, -0.1) is 0 Å². The number of halogens is 4. The van der Waals surface area contributed by atoms with Gasteiger partial charge in [0, 0.05) is 5.56 Å². The van der Waals surface area contributed by atoms with E-state index in [9.17, 15) is 17.6 Å². The Morgan fingerprint density at radius 3 is 2.29 bits per heavy atom. The molecule has 0 spiro atoms. The molecular weight excluding hydrogens is 196 g/mol. The van der Waals surface area contributed by atoms with Crippen LogP contribution in [-0.2, 0) is 6.18 Å². The van der Waals surface area contributed by atoms with Crippen LogP contribution >= 0.6 is 0 Å². The van der Waals surface area contributed by atoms with Crippen LogP contribution in [0.2, 0.25) is 0 Å². The molecule has 76 valence electrons. The molecule has 14 heavy (non-hydrogen) atoms. The van der Waals surface area contributed by atoms with Gasteiger partial charge in [0.15, 0.2) is 0 Å². The standard InChI is InChI=1S/C10H8F4/c1-6(2)7-4-3-5-8(9(7)11)10(12,13)14/h3-5H,1H2,2H3. The van der Waals surface area contributed by atoms with Crippen LogP contribution in [-0.4, -0.2) is 0 Å². The number of alkyl halides is 3. The fraction of sp³-hybridized carbons (Fsp3) is 0.200. The third-order valence-corrected chi connectivity index (χ3v) is 1.76. The lowest BCUT2D eigenvalue weighted by atomic mass is 10.0. The molecule has 0 saturated heterocycles. The maximum Gasteiger partial charge on any atom is 0.419 e. The maximum absolute atomic E-state index is 13.2. The largest absolute Gasteiger partial charge is 0.419 e. The van der Waals surface area contributed by atoms with Gasteiger partial charge in [0.05, 0.1) is 5.56 Å². The molecule has 0 bridgehead atoms. The van der Waals surface area contributed by atoms with Gasteiger partial charge in [-0.3, -0.25) is 0 Å². The monoisotopic (exact) mass is 204 g/mol. The first-order chi connectivity index (χ1) is 6.34. The summed E-state index contributed by atoms with van der Waals surface area (Å²) in [5, 5.41) is 0. The summed E-state index contributed by atoms with van der Waals surface area (Å²) in [6.07, 6.45) is -4.66. The molecule has 0 aliphatic rings. The summed E-state index contributed by atoms with van der Waals surface area (Å²) >= 11 is 0. The second-order valence-corrected chi connectivity index (χ2v) is 2.95. The van der Waals surface area contributed by atoms with Gasteiger partial charge in [-0.25, -0.2) is 4.39 Å². The molecule has 0 N–H and O–H groups in total. The SMILES string of the molecule is C=C(C)c1cccc(C(F)(F)F)c1F. The van der Waals surface area contributed by atoms with E-state index in [1.165, 1.54) is 13.0 Å². The molecule has 0 saturated carbocycles. The van der Waals surface area contributed by atoms with Crippen molar-refractivity contribution in [2.75, 3.05) is 0 Å². The molecule has 0 fully saturated rings. The van der Waals surface area contributed by atoms with Crippen molar-refractivity contribution < 1.29 is 17.6 Å². The van der Waals surface area contributed by atoms with Crippen LogP contribution < -0.4 is 0 Å². The van der Waals surface area contributed by atoms with Crippen LogP contribution in [0.25, 0.3) is 5.57 Å². The molecule has 1 aromatic carbocycles. The highest BCUT2D eigenvalue weighted by molar-refractivity contribution is 5.62. The quantitative estimate of drug-likeness (QED) is 0.609. The van der Waals surface area contributed by atoms with Crippen LogP contribution in [0.5, 0.6) is 0 Å². The van der Waals surface area contributed by atoms with Gasteiger partial charge < -0.3 is 0 Å². The second-order valence-electron chi connectivity index (χ2n) is 2.95. The van der Waals surface area contributed by atoms with Crippen LogP contribution in [0.4, 0.5) is 17.6 Å². The lowest BCUT2D eigenvalue weighted by molar-refractivity contribution is -0.140. The average Bonchev–Trinajstić information content (AvgIpc) is 2.01. The lowest BCUT2D eigenvalue weighted by Crippen LogP contribution is -2.09. The van der Waals surface area contributed by atoms with Crippen molar-refractivity contribution in [3.63, 3.8) is 0 Å². The molecule has 0 aromatic heterocycles. The molecule has 0 heterocycles. The highest BCUT2D eigenvalue weighted by Crippen LogP contribution is 2.33. The number of hydrogen-bond acceptors (Lipinski definition) is 0. The van der Waals surface area contributed by atoms with E-state index in [0.29, 0.717) is 6.07 Å². The summed E-state index contributed by atoms with van der Waals surface area (Å²) in [6, 6.07) is 3.14. The Hall–Kier alpha value is -1.32. The normalized spacial score (nSPS) is 11.5. The zero-order valence-corrected chi connectivity index (χ0v) is 7.45. The Bertz CT molecular complexity index is 363. The summed E-state index contributed by atoms with van der Waals surface area (Å²) in [5.74, 6) is -1.26. The van der Waals surface area contributed by atoms with Crippen LogP contribution in [0.15, 0.2) is 24.8 Å². The molecular formula is C10H8F4. The highest BCUT2D eigenvalue weighted by Gasteiger charge is 2.34. The van der Waals surface area contributed by atoms with Gasteiger partial charge in [-0.1, -0.05) is 18.7 Å². The first-order valence-electron chi connectivity index (χ1n) is 3.85. The van der Waals surface area contributed by atoms with E-state index in [2.05, 4.69) is 6.58 Å². The second kappa shape index (κ2) is 3.44. The van der Waals surface area contributed by atoms with Gasteiger partial charge in [0.2, 0.25) is 0 Å². The first kappa shape index (κ1) is 10.8. The topological polar surface area (TPSA) is 0 Å². The van der Waals surface area contributed by atoms with E-state index in [4.69, 9.17) is 0 Å². The number of allylic oxidation sites excluding steroid dienone is 1. The van der Waals surface area contributed by atoms with Crippen molar-refractivity contribution in [1.82, 2.24) is 0 Å². The molecule has 0 atom stereocenters. The maximum atomic E-state index is 13.2. The van der Waals surface area contributed by atoms with Crippen molar-refractivity contribution in [2.24, 2.45) is 0 Å². The Labute approximate surface area is 78.9 Å². The molecule has 0 aliphatic carbocycles. The zero-order valence-electron chi connectivity index (χ0n) is 7.45. The Balaban J connectivity index is 3.35. The predicted molar refractivity (Wildman–Crippen MR) is 46.1 cm³/mol. The van der Waals surface area contributed by atoms with Gasteiger partial charge in [-0.05, 0) is 18.6 Å². The summed E-state index contributed by atoms with van der Waals surface area (Å²) in [5.41, 5.74) is -1.08. The van der Waals surface area contributed by atoms with Crippen LogP contribution in [0.3, 0.4) is 0 Å². The summed E-state index contributed by atoms with van der Waals surface area (Å²) in [7, 11) is 0. The smallest absolute Gasteiger partial charge is 0.206 e. The van der Waals surface area contributed by atoms with Crippen molar-refractivity contribution in [1.29, 1.82) is 0 Å². The van der Waals surface area contributed by atoms with E-state index in [-0.39, 0.29) is 11.1 Å². The van der Waals surface area contributed by atoms with Crippen LogP contribution in [0.1, 0.15) is 18.1 Å². The summed E-state index contributed by atoms with van der Waals surface area (Å²) < 4.78 is 49.9. The minimum atomic E-state index is -4.66. The molecule has 1 rings (SSSR count). The van der Waals surface area contributed by atoms with E-state index in [1.54, 1.807) is 0 Å². The fourth-order valence-corrected chi connectivity index (χ4v) is 1.08. The van der Waals surface area contributed by atoms with E-state index in [1.807, 2.05) is 0 Å². The molecule has 0 nitrogen and oxygen atoms in total. The molecule has 0 aliphatic heterocycles. The van der Waals surface area contributed by atoms with E-state index < -0.39 is 17.6 Å². The number of rotatable bonds is 1. The minimum absolute atomic E-state index is 0.0974. The molecule has 0 unspecified atom stereocenters. The first-order valence-corrected chi connectivity index (χ1v) is 3.85. The Morgan fingerprint density at radius 2 is 1.86 bits per heavy atom. The molecule has 4 heteroatoms. The summed E-state index contributed by atoms with van der Waals surface area (Å²) in [6.45, 7) is 4.86. The predicted octanol–water partition coefficient (Wildman–Crippen LogP) is 3.88. The van der Waals surface area contributed by atoms with Crippen molar-refractivity contribution in [2.45, 2.75) is 13.1 Å². The minimum Gasteiger partial charge on any atom is -0.206 e. The fourth-order valence-electron chi connectivity index (χ4n) is 1.08. The Kier molecular flexibility index (Phi) is 2.64. The van der Waals surface area contributed by atoms with Gasteiger partial charge in [-0.2, -0.15) is 13.2 Å². The lowest BCUT2D eigenvalue weighted by Gasteiger charge is -2.10. The van der Waals surface area contributed by atoms with Crippen molar-refractivity contribution in [3.05, 3.63) is 41.7 Å². The van der Waals surface area contributed by atoms with Crippen LogP contribution in [0, 0.1) is 5.82 Å². The average molecular weight is 204 g/mol. The summed E-state index contributed by atoms with van der Waals surface area (Å²) in [4.78, 5) is 0. The van der Waals surface area contributed by atoms with Gasteiger partial charge in [0.1, 0.15) is 5.82 Å². The third-order valence-electron chi connectivity index (χ3n) is 1.76.